The molecule has 0 fully saturated rings. The van der Waals surface area contributed by atoms with Crippen molar-refractivity contribution in [3.05, 3.63) is 59.4 Å². The summed E-state index contributed by atoms with van der Waals surface area (Å²) in [6.45, 7) is 9.82. The Bertz CT molecular complexity index is 1060. The van der Waals surface area contributed by atoms with Crippen molar-refractivity contribution in [3.63, 3.8) is 0 Å². The lowest BCUT2D eigenvalue weighted by Gasteiger charge is -2.30. The summed E-state index contributed by atoms with van der Waals surface area (Å²) in [4.78, 5) is 26.8. The van der Waals surface area contributed by atoms with Gasteiger partial charge in [-0.15, -0.1) is 0 Å². The first-order chi connectivity index (χ1) is 16.2. The van der Waals surface area contributed by atoms with Gasteiger partial charge >= 0.3 is 0 Å². The number of amides is 2. The molecule has 0 saturated heterocycles. The molecule has 0 saturated carbocycles. The quantitative estimate of drug-likeness (QED) is 0.401. The van der Waals surface area contributed by atoms with Crippen molar-refractivity contribution in [2.24, 2.45) is 0 Å². The van der Waals surface area contributed by atoms with E-state index in [1.165, 1.54) is 30.3 Å². The summed E-state index contributed by atoms with van der Waals surface area (Å²) < 4.78 is 24.5. The van der Waals surface area contributed by atoms with Gasteiger partial charge in [0.15, 0.2) is 18.1 Å². The van der Waals surface area contributed by atoms with E-state index in [-0.39, 0.29) is 30.2 Å². The maximum Gasteiger partial charge on any atom is 0.266 e. The number of carbonyl (C=O) groups is 2. The van der Waals surface area contributed by atoms with E-state index in [0.29, 0.717) is 29.4 Å². The Morgan fingerprint density at radius 2 is 1.71 bits per heavy atom. The van der Waals surface area contributed by atoms with Crippen LogP contribution in [0.15, 0.2) is 48.0 Å². The van der Waals surface area contributed by atoms with Crippen LogP contribution in [0.5, 0.6) is 11.5 Å². The van der Waals surface area contributed by atoms with Gasteiger partial charge in [0.1, 0.15) is 17.5 Å². The summed E-state index contributed by atoms with van der Waals surface area (Å²) in [5, 5.41) is 12.0. The molecule has 180 valence electrons. The minimum atomic E-state index is -0.625. The SMILES string of the molecule is CCOc1cc(/C=C(\C#N)C(=O)Nc2ccc(F)cc2)ccc1OCC(=O)N(C(C)C)C(C)C. The van der Waals surface area contributed by atoms with Crippen LogP contribution >= 0.6 is 0 Å². The lowest BCUT2D eigenvalue weighted by Crippen LogP contribution is -2.44. The molecule has 0 aliphatic carbocycles. The van der Waals surface area contributed by atoms with Gasteiger partial charge in [-0.05, 0) is 82.7 Å². The van der Waals surface area contributed by atoms with Gasteiger partial charge in [-0.1, -0.05) is 6.07 Å². The Hall–Kier alpha value is -3.86. The molecule has 0 heterocycles. The molecular formula is C26H30FN3O4. The summed E-state index contributed by atoms with van der Waals surface area (Å²) in [6.07, 6.45) is 1.41. The van der Waals surface area contributed by atoms with E-state index in [4.69, 9.17) is 9.47 Å². The predicted octanol–water partition coefficient (Wildman–Crippen LogP) is 4.79. The summed E-state index contributed by atoms with van der Waals surface area (Å²) in [5.41, 5.74) is 0.770. The zero-order valence-electron chi connectivity index (χ0n) is 20.1. The van der Waals surface area contributed by atoms with Crippen LogP contribution < -0.4 is 14.8 Å². The topological polar surface area (TPSA) is 91.7 Å². The van der Waals surface area contributed by atoms with Gasteiger partial charge in [0.05, 0.1) is 6.61 Å². The Labute approximate surface area is 199 Å². The first-order valence-corrected chi connectivity index (χ1v) is 11.1. The van der Waals surface area contributed by atoms with Crippen molar-refractivity contribution in [3.8, 4) is 17.6 Å². The molecule has 0 atom stereocenters. The average Bonchev–Trinajstić information content (AvgIpc) is 2.78. The number of carbonyl (C=O) groups excluding carboxylic acids is 2. The van der Waals surface area contributed by atoms with Gasteiger partial charge < -0.3 is 19.7 Å². The number of nitrogens with one attached hydrogen (secondary N) is 1. The number of rotatable bonds is 10. The number of nitrogens with zero attached hydrogens (tertiary/aromatic N) is 2. The molecule has 0 aliphatic heterocycles. The maximum absolute atomic E-state index is 13.1. The number of nitriles is 1. The van der Waals surface area contributed by atoms with Gasteiger partial charge in [0.2, 0.25) is 0 Å². The highest BCUT2D eigenvalue weighted by Gasteiger charge is 2.21. The van der Waals surface area contributed by atoms with Crippen LogP contribution in [0.2, 0.25) is 0 Å². The Balaban J connectivity index is 2.20. The zero-order chi connectivity index (χ0) is 25.3. The van der Waals surface area contributed by atoms with Crippen LogP contribution in [-0.4, -0.2) is 42.0 Å². The van der Waals surface area contributed by atoms with Gasteiger partial charge in [0, 0.05) is 17.8 Å². The normalized spacial score (nSPS) is 11.2. The molecule has 0 unspecified atom stereocenters. The predicted molar refractivity (Wildman–Crippen MR) is 129 cm³/mol. The van der Waals surface area contributed by atoms with E-state index < -0.39 is 11.7 Å². The monoisotopic (exact) mass is 467 g/mol. The van der Waals surface area contributed by atoms with E-state index in [1.54, 1.807) is 23.1 Å². The van der Waals surface area contributed by atoms with E-state index in [1.807, 2.05) is 40.7 Å². The third-order valence-corrected chi connectivity index (χ3v) is 4.80. The van der Waals surface area contributed by atoms with Crippen molar-refractivity contribution in [1.82, 2.24) is 4.90 Å². The second kappa shape index (κ2) is 12.4. The van der Waals surface area contributed by atoms with Crippen LogP contribution in [-0.2, 0) is 9.59 Å². The molecule has 2 rings (SSSR count). The third kappa shape index (κ3) is 7.34. The van der Waals surface area contributed by atoms with Crippen molar-refractivity contribution in [1.29, 1.82) is 5.26 Å². The molecule has 7 nitrogen and oxygen atoms in total. The van der Waals surface area contributed by atoms with E-state index in [0.717, 1.165) is 0 Å². The standard InChI is InChI=1S/C26H30FN3O4/c1-6-33-24-14-19(7-12-23(24)34-16-25(31)30(17(2)3)18(4)5)13-20(15-28)26(32)29-22-10-8-21(27)9-11-22/h7-14,17-18H,6,16H2,1-5H3,(H,29,32)/b20-13+. The van der Waals surface area contributed by atoms with Gasteiger partial charge in [0.25, 0.3) is 11.8 Å². The Morgan fingerprint density at radius 3 is 2.26 bits per heavy atom. The van der Waals surface area contributed by atoms with Crippen molar-refractivity contribution in [2.75, 3.05) is 18.5 Å². The lowest BCUT2D eigenvalue weighted by molar-refractivity contribution is -0.137. The molecule has 0 aromatic heterocycles. The lowest BCUT2D eigenvalue weighted by atomic mass is 10.1. The number of hydrogen-bond acceptors (Lipinski definition) is 5. The Morgan fingerprint density at radius 1 is 1.06 bits per heavy atom. The van der Waals surface area contributed by atoms with Crippen LogP contribution in [0.3, 0.4) is 0 Å². The van der Waals surface area contributed by atoms with Gasteiger partial charge in [-0.3, -0.25) is 9.59 Å². The van der Waals surface area contributed by atoms with Crippen LogP contribution in [0.25, 0.3) is 6.08 Å². The van der Waals surface area contributed by atoms with E-state index >= 15 is 0 Å². The number of anilines is 1. The van der Waals surface area contributed by atoms with Crippen LogP contribution in [0.4, 0.5) is 10.1 Å². The fraction of sp³-hybridized carbons (Fsp3) is 0.346. The summed E-state index contributed by atoms with van der Waals surface area (Å²) in [7, 11) is 0. The summed E-state index contributed by atoms with van der Waals surface area (Å²) >= 11 is 0. The fourth-order valence-electron chi connectivity index (χ4n) is 3.44. The molecule has 2 aromatic carbocycles. The number of benzene rings is 2. The maximum atomic E-state index is 13.1. The Kier molecular flexibility index (Phi) is 9.62. The minimum absolute atomic E-state index is 0.0421. The van der Waals surface area contributed by atoms with E-state index in [9.17, 15) is 19.2 Å². The molecule has 0 radical (unpaired) electrons. The number of hydrogen-bond donors (Lipinski definition) is 1. The van der Waals surface area contributed by atoms with Crippen molar-refractivity contribution < 1.29 is 23.5 Å². The first kappa shape index (κ1) is 26.4. The van der Waals surface area contributed by atoms with Crippen molar-refractivity contribution >= 4 is 23.6 Å². The molecular weight excluding hydrogens is 437 g/mol. The summed E-state index contributed by atoms with van der Waals surface area (Å²) in [6, 6.07) is 12.1. The molecule has 34 heavy (non-hydrogen) atoms. The summed E-state index contributed by atoms with van der Waals surface area (Å²) in [5.74, 6) is -0.418. The largest absolute Gasteiger partial charge is 0.490 e. The first-order valence-electron chi connectivity index (χ1n) is 11.1. The average molecular weight is 468 g/mol. The van der Waals surface area contributed by atoms with Crippen molar-refractivity contribution in [2.45, 2.75) is 46.7 Å². The highest BCUT2D eigenvalue weighted by Crippen LogP contribution is 2.29. The molecule has 2 aromatic rings. The second-order valence-corrected chi connectivity index (χ2v) is 8.05. The van der Waals surface area contributed by atoms with Crippen LogP contribution in [0.1, 0.15) is 40.2 Å². The third-order valence-electron chi connectivity index (χ3n) is 4.80. The van der Waals surface area contributed by atoms with Gasteiger partial charge in [-0.2, -0.15) is 5.26 Å². The molecule has 1 N–H and O–H groups in total. The smallest absolute Gasteiger partial charge is 0.266 e. The fourth-order valence-corrected chi connectivity index (χ4v) is 3.44. The number of ether oxygens (including phenoxy) is 2. The molecule has 0 bridgehead atoms. The highest BCUT2D eigenvalue weighted by molar-refractivity contribution is 6.09. The molecule has 2 amide bonds. The zero-order valence-corrected chi connectivity index (χ0v) is 20.1. The van der Waals surface area contributed by atoms with Crippen LogP contribution in [0, 0.1) is 17.1 Å². The molecule has 0 spiro atoms. The van der Waals surface area contributed by atoms with Gasteiger partial charge in [-0.25, -0.2) is 4.39 Å². The second-order valence-electron chi connectivity index (χ2n) is 8.05. The number of halogens is 1. The van der Waals surface area contributed by atoms with E-state index in [2.05, 4.69) is 5.32 Å². The molecule has 0 aliphatic rings. The molecule has 8 heteroatoms. The highest BCUT2D eigenvalue weighted by atomic mass is 19.1. The minimum Gasteiger partial charge on any atom is -0.490 e.